The number of methoxy groups -OCH3 is 1. The van der Waals surface area contributed by atoms with Gasteiger partial charge in [-0.25, -0.2) is 4.39 Å². The molecule has 0 heterocycles. The Balaban J connectivity index is 2.44. The van der Waals surface area contributed by atoms with Crippen LogP contribution in [0.5, 0.6) is 5.75 Å². The zero-order chi connectivity index (χ0) is 13.3. The van der Waals surface area contributed by atoms with E-state index in [1.807, 2.05) is 19.0 Å². The zero-order valence-corrected chi connectivity index (χ0v) is 11.1. The molecule has 0 radical (unpaired) electrons. The third-order valence-electron chi connectivity index (χ3n) is 3.44. The number of benzene rings is 1. The van der Waals surface area contributed by atoms with E-state index in [0.29, 0.717) is 17.9 Å². The van der Waals surface area contributed by atoms with E-state index in [2.05, 4.69) is 0 Å². The summed E-state index contributed by atoms with van der Waals surface area (Å²) in [4.78, 5) is 1.92. The van der Waals surface area contributed by atoms with Crippen molar-refractivity contribution >= 4 is 0 Å². The molecule has 100 valence electrons. The second kappa shape index (κ2) is 4.86. The highest BCUT2D eigenvalue weighted by Gasteiger charge is 2.47. The van der Waals surface area contributed by atoms with Gasteiger partial charge in [-0.15, -0.1) is 0 Å². The lowest BCUT2D eigenvalue weighted by atomic mass is 9.87. The van der Waals surface area contributed by atoms with Gasteiger partial charge >= 0.3 is 0 Å². The van der Waals surface area contributed by atoms with Crippen molar-refractivity contribution in [3.63, 3.8) is 0 Å². The highest BCUT2D eigenvalue weighted by Crippen LogP contribution is 2.48. The molecule has 1 atom stereocenters. The Hall–Kier alpha value is -1.13. The Kier molecular flexibility index (Phi) is 3.59. The number of halogens is 1. The highest BCUT2D eigenvalue weighted by molar-refractivity contribution is 5.40. The number of aliphatic hydroxyl groups is 1. The van der Waals surface area contributed by atoms with E-state index in [-0.39, 0.29) is 11.7 Å². The topological polar surface area (TPSA) is 32.7 Å². The fourth-order valence-corrected chi connectivity index (χ4v) is 2.50. The summed E-state index contributed by atoms with van der Waals surface area (Å²) in [5.74, 6) is 0.395. The van der Waals surface area contributed by atoms with Crippen LogP contribution >= 0.6 is 0 Å². The summed E-state index contributed by atoms with van der Waals surface area (Å²) in [6.45, 7) is 0.470. The molecule has 2 rings (SSSR count). The molecule has 0 amide bonds. The lowest BCUT2D eigenvalue weighted by Gasteiger charge is -2.33. The number of ether oxygens (including phenoxy) is 1. The van der Waals surface area contributed by atoms with Gasteiger partial charge in [-0.3, -0.25) is 0 Å². The largest absolute Gasteiger partial charge is 0.496 e. The Morgan fingerprint density at radius 3 is 2.61 bits per heavy atom. The van der Waals surface area contributed by atoms with Gasteiger partial charge in [-0.05, 0) is 51.1 Å². The molecule has 0 saturated heterocycles. The molecule has 1 aromatic rings. The number of rotatable bonds is 5. The van der Waals surface area contributed by atoms with Crippen molar-refractivity contribution < 1.29 is 14.2 Å². The molecule has 1 aliphatic rings. The quantitative estimate of drug-likeness (QED) is 0.871. The number of hydrogen-bond donors (Lipinski definition) is 1. The Bertz CT molecular complexity index is 432. The van der Waals surface area contributed by atoms with E-state index >= 15 is 0 Å². The third-order valence-corrected chi connectivity index (χ3v) is 3.44. The normalized spacial score (nSPS) is 18.8. The van der Waals surface area contributed by atoms with Crippen LogP contribution in [0.4, 0.5) is 4.39 Å². The fourth-order valence-electron chi connectivity index (χ4n) is 2.50. The van der Waals surface area contributed by atoms with Crippen LogP contribution in [0.1, 0.15) is 18.4 Å². The zero-order valence-electron chi connectivity index (χ0n) is 11.1. The summed E-state index contributed by atoms with van der Waals surface area (Å²) in [6, 6.07) is 4.32. The standard InChI is InChI=1S/C14H20FNO2/c1-16(2)9-14(17,10-4-5-10)12-8-11(15)6-7-13(12)18-3/h6-8,10,17H,4-5,9H2,1-3H3. The van der Waals surface area contributed by atoms with Gasteiger partial charge in [0.1, 0.15) is 17.2 Å². The van der Waals surface area contributed by atoms with Crippen molar-refractivity contribution in [2.75, 3.05) is 27.7 Å². The summed E-state index contributed by atoms with van der Waals surface area (Å²) in [6.07, 6.45) is 1.95. The van der Waals surface area contributed by atoms with Gasteiger partial charge in [0, 0.05) is 12.1 Å². The van der Waals surface area contributed by atoms with E-state index in [0.717, 1.165) is 12.8 Å². The molecule has 1 unspecified atom stereocenters. The van der Waals surface area contributed by atoms with Crippen molar-refractivity contribution in [2.45, 2.75) is 18.4 Å². The van der Waals surface area contributed by atoms with Crippen LogP contribution in [0.3, 0.4) is 0 Å². The second-order valence-corrected chi connectivity index (χ2v) is 5.28. The van der Waals surface area contributed by atoms with E-state index in [9.17, 15) is 9.50 Å². The lowest BCUT2D eigenvalue weighted by molar-refractivity contribution is -0.0120. The SMILES string of the molecule is COc1ccc(F)cc1C(O)(CN(C)C)C1CC1. The van der Waals surface area contributed by atoms with Gasteiger partial charge in [0.15, 0.2) is 0 Å². The monoisotopic (exact) mass is 253 g/mol. The van der Waals surface area contributed by atoms with Crippen LogP contribution < -0.4 is 4.74 Å². The van der Waals surface area contributed by atoms with Crippen LogP contribution in [0.15, 0.2) is 18.2 Å². The molecule has 0 spiro atoms. The maximum absolute atomic E-state index is 13.5. The second-order valence-electron chi connectivity index (χ2n) is 5.28. The first-order valence-electron chi connectivity index (χ1n) is 6.18. The number of likely N-dealkylation sites (N-methyl/N-ethyl adjacent to an activating group) is 1. The highest BCUT2D eigenvalue weighted by atomic mass is 19.1. The minimum absolute atomic E-state index is 0.190. The third kappa shape index (κ3) is 2.49. The first-order chi connectivity index (χ1) is 8.47. The molecule has 1 N–H and O–H groups in total. The minimum atomic E-state index is -1.03. The van der Waals surface area contributed by atoms with E-state index in [1.54, 1.807) is 13.2 Å². The van der Waals surface area contributed by atoms with Gasteiger partial charge in [0.25, 0.3) is 0 Å². The van der Waals surface area contributed by atoms with Gasteiger partial charge in [0.2, 0.25) is 0 Å². The molecular formula is C14H20FNO2. The van der Waals surface area contributed by atoms with Crippen LogP contribution in [0.2, 0.25) is 0 Å². The molecule has 1 aromatic carbocycles. The average molecular weight is 253 g/mol. The van der Waals surface area contributed by atoms with Crippen molar-refractivity contribution in [3.8, 4) is 5.75 Å². The average Bonchev–Trinajstić information content (AvgIpc) is 3.12. The molecule has 0 bridgehead atoms. The fraction of sp³-hybridized carbons (Fsp3) is 0.571. The molecule has 1 fully saturated rings. The van der Waals surface area contributed by atoms with Crippen LogP contribution in [0, 0.1) is 11.7 Å². The summed E-state index contributed by atoms with van der Waals surface area (Å²) >= 11 is 0. The maximum atomic E-state index is 13.5. The lowest BCUT2D eigenvalue weighted by Crippen LogP contribution is -2.40. The van der Waals surface area contributed by atoms with E-state index in [1.165, 1.54) is 12.1 Å². The molecule has 0 aromatic heterocycles. The van der Waals surface area contributed by atoms with Crippen LogP contribution in [-0.2, 0) is 5.60 Å². The van der Waals surface area contributed by atoms with Crippen LogP contribution in [-0.4, -0.2) is 37.8 Å². The minimum Gasteiger partial charge on any atom is -0.496 e. The van der Waals surface area contributed by atoms with Crippen molar-refractivity contribution in [1.82, 2.24) is 4.90 Å². The summed E-state index contributed by atoms with van der Waals surface area (Å²) in [5.41, 5.74) is -0.474. The first kappa shape index (κ1) is 13.3. The molecule has 0 aliphatic heterocycles. The first-order valence-corrected chi connectivity index (χ1v) is 6.18. The van der Waals surface area contributed by atoms with Gasteiger partial charge in [0.05, 0.1) is 7.11 Å². The molecule has 1 aliphatic carbocycles. The predicted octanol–water partition coefficient (Wildman–Crippen LogP) is 1.99. The molecule has 4 heteroatoms. The van der Waals surface area contributed by atoms with Crippen molar-refractivity contribution in [2.24, 2.45) is 5.92 Å². The van der Waals surface area contributed by atoms with E-state index in [4.69, 9.17) is 4.74 Å². The predicted molar refractivity (Wildman–Crippen MR) is 68.1 cm³/mol. The number of hydrogen-bond acceptors (Lipinski definition) is 3. The summed E-state index contributed by atoms with van der Waals surface area (Å²) in [5, 5.41) is 10.9. The van der Waals surface area contributed by atoms with Crippen molar-refractivity contribution in [3.05, 3.63) is 29.6 Å². The Morgan fingerprint density at radius 1 is 1.44 bits per heavy atom. The molecule has 1 saturated carbocycles. The van der Waals surface area contributed by atoms with Gasteiger partial charge in [-0.2, -0.15) is 0 Å². The van der Waals surface area contributed by atoms with Gasteiger partial charge in [-0.1, -0.05) is 0 Å². The smallest absolute Gasteiger partial charge is 0.125 e. The molecule has 18 heavy (non-hydrogen) atoms. The molecule has 3 nitrogen and oxygen atoms in total. The molecular weight excluding hydrogens is 233 g/mol. The Morgan fingerprint density at radius 2 is 2.11 bits per heavy atom. The van der Waals surface area contributed by atoms with Crippen molar-refractivity contribution in [1.29, 1.82) is 0 Å². The number of nitrogens with zero attached hydrogens (tertiary/aromatic N) is 1. The summed E-state index contributed by atoms with van der Waals surface area (Å²) < 4.78 is 18.7. The maximum Gasteiger partial charge on any atom is 0.125 e. The van der Waals surface area contributed by atoms with E-state index < -0.39 is 5.60 Å². The van der Waals surface area contributed by atoms with Crippen LogP contribution in [0.25, 0.3) is 0 Å². The van der Waals surface area contributed by atoms with Gasteiger partial charge < -0.3 is 14.7 Å². The summed E-state index contributed by atoms with van der Waals surface area (Å²) in [7, 11) is 5.35. The Labute approximate surface area is 107 Å².